The fraction of sp³-hybridized carbons (Fsp3) is 0.333. The molecule has 0 unspecified atom stereocenters. The molecule has 172 valence electrons. The van der Waals surface area contributed by atoms with E-state index in [1.54, 1.807) is 43.2 Å². The van der Waals surface area contributed by atoms with Crippen molar-refractivity contribution in [2.75, 3.05) is 0 Å². The van der Waals surface area contributed by atoms with E-state index in [1.807, 2.05) is 21.3 Å². The Bertz CT molecular complexity index is 1030. The minimum Gasteiger partial charge on any atom is -0.318 e. The normalized spacial score (nSPS) is 10.0. The molecular weight excluding hydrogens is 471 g/mol. The van der Waals surface area contributed by atoms with Gasteiger partial charge in [-0.05, 0) is 52.0 Å². The maximum Gasteiger partial charge on any atom is 0.182 e. The molecule has 4 rings (SSSR count). The molecule has 0 aliphatic heterocycles. The molecule has 4 aromatic rings. The van der Waals surface area contributed by atoms with Crippen LogP contribution in [0, 0.1) is 0 Å². The van der Waals surface area contributed by atoms with Crippen molar-refractivity contribution < 1.29 is 0 Å². The molecule has 0 saturated carbocycles. The van der Waals surface area contributed by atoms with E-state index in [-0.39, 0.29) is 7.43 Å². The molecular formula is C21H27Cl3N8. The first-order valence-electron chi connectivity index (χ1n) is 9.42. The molecule has 0 saturated heterocycles. The van der Waals surface area contributed by atoms with Crippen LogP contribution in [-0.2, 0) is 0 Å². The molecule has 0 spiro atoms. The maximum atomic E-state index is 5.83. The highest BCUT2D eigenvalue weighted by Gasteiger charge is 2.10. The first-order chi connectivity index (χ1) is 14.8. The third kappa shape index (κ3) is 8.90. The van der Waals surface area contributed by atoms with Gasteiger partial charge >= 0.3 is 0 Å². The minimum atomic E-state index is 0. The molecule has 11 heteroatoms. The zero-order valence-corrected chi connectivity index (χ0v) is 19.8. The van der Waals surface area contributed by atoms with Gasteiger partial charge in [-0.2, -0.15) is 0 Å². The van der Waals surface area contributed by atoms with Gasteiger partial charge in [0.05, 0.1) is 0 Å². The number of nitrogens with zero attached hydrogens (tertiary/aromatic N) is 8. The summed E-state index contributed by atoms with van der Waals surface area (Å²) in [5.74, 6) is 0.743. The van der Waals surface area contributed by atoms with Crippen LogP contribution in [0.3, 0.4) is 0 Å². The van der Waals surface area contributed by atoms with Crippen molar-refractivity contribution in [1.82, 2.24) is 39.5 Å². The van der Waals surface area contributed by atoms with E-state index < -0.39 is 0 Å². The Balaban J connectivity index is 0.000000257. The van der Waals surface area contributed by atoms with Crippen molar-refractivity contribution in [3.63, 3.8) is 0 Å². The number of rotatable bonds is 3. The van der Waals surface area contributed by atoms with Crippen LogP contribution in [0.5, 0.6) is 0 Å². The van der Waals surface area contributed by atoms with Crippen LogP contribution in [0.4, 0.5) is 0 Å². The SMILES string of the molecule is C.CC(C)n1cnnc1.CC(C)n1cnnc1-c1cccc(Cl)n1.Clc1cccc(Cl)n1. The largest absolute Gasteiger partial charge is 0.318 e. The molecule has 4 heterocycles. The van der Waals surface area contributed by atoms with E-state index in [1.165, 1.54) is 0 Å². The van der Waals surface area contributed by atoms with Crippen LogP contribution in [-0.4, -0.2) is 39.5 Å². The molecule has 0 aromatic carbocycles. The zero-order valence-electron chi connectivity index (χ0n) is 17.6. The second-order valence-corrected chi connectivity index (χ2v) is 7.95. The molecule has 4 aromatic heterocycles. The number of pyridine rings is 2. The Morgan fingerprint density at radius 2 is 1.22 bits per heavy atom. The van der Waals surface area contributed by atoms with Crippen LogP contribution in [0.1, 0.15) is 47.2 Å². The monoisotopic (exact) mass is 496 g/mol. The van der Waals surface area contributed by atoms with Gasteiger partial charge in [-0.15, -0.1) is 20.4 Å². The molecule has 32 heavy (non-hydrogen) atoms. The van der Waals surface area contributed by atoms with Crippen molar-refractivity contribution in [2.24, 2.45) is 0 Å². The predicted molar refractivity (Wildman–Crippen MR) is 130 cm³/mol. The average molecular weight is 498 g/mol. The van der Waals surface area contributed by atoms with Gasteiger partial charge < -0.3 is 9.13 Å². The first-order valence-corrected chi connectivity index (χ1v) is 10.6. The second-order valence-electron chi connectivity index (χ2n) is 6.79. The number of aromatic nitrogens is 8. The standard InChI is InChI=1S/C10H11ClN4.C5H3Cl2N.C5H9N3.CH4/c1-7(2)15-6-12-14-10(15)8-4-3-5-9(11)13-8;6-4-2-1-3-5(7)8-4;1-5(2)8-3-6-7-4-8;/h3-7H,1-2H3;1-3H;3-5H,1-2H3;1H4. The van der Waals surface area contributed by atoms with E-state index in [4.69, 9.17) is 34.8 Å². The van der Waals surface area contributed by atoms with Crippen molar-refractivity contribution >= 4 is 34.8 Å². The molecule has 0 bridgehead atoms. The highest BCUT2D eigenvalue weighted by Crippen LogP contribution is 2.19. The number of hydrogen-bond donors (Lipinski definition) is 0. The van der Waals surface area contributed by atoms with Crippen LogP contribution in [0.25, 0.3) is 11.5 Å². The summed E-state index contributed by atoms with van der Waals surface area (Å²) in [6.45, 7) is 8.31. The van der Waals surface area contributed by atoms with Crippen LogP contribution < -0.4 is 0 Å². The number of hydrogen-bond acceptors (Lipinski definition) is 6. The lowest BCUT2D eigenvalue weighted by atomic mass is 10.3. The lowest BCUT2D eigenvalue weighted by Gasteiger charge is -2.09. The summed E-state index contributed by atoms with van der Waals surface area (Å²) in [6.07, 6.45) is 5.12. The third-order valence-electron chi connectivity index (χ3n) is 3.79. The Labute approximate surface area is 203 Å². The lowest BCUT2D eigenvalue weighted by molar-refractivity contribution is 0.597. The van der Waals surface area contributed by atoms with Gasteiger partial charge in [0.25, 0.3) is 0 Å². The summed E-state index contributed by atoms with van der Waals surface area (Å²) in [4.78, 5) is 7.91. The van der Waals surface area contributed by atoms with Gasteiger partial charge in [0.2, 0.25) is 0 Å². The van der Waals surface area contributed by atoms with Gasteiger partial charge in [0.15, 0.2) is 5.82 Å². The van der Waals surface area contributed by atoms with E-state index >= 15 is 0 Å². The molecule has 0 N–H and O–H groups in total. The van der Waals surface area contributed by atoms with Crippen LogP contribution in [0.2, 0.25) is 15.5 Å². The van der Waals surface area contributed by atoms with E-state index in [2.05, 4.69) is 58.1 Å². The van der Waals surface area contributed by atoms with Gasteiger partial charge in [-0.3, -0.25) is 0 Å². The van der Waals surface area contributed by atoms with E-state index in [0.29, 0.717) is 27.5 Å². The highest BCUT2D eigenvalue weighted by molar-refractivity contribution is 6.32. The Kier molecular flexibility index (Phi) is 11.8. The molecule has 8 nitrogen and oxygen atoms in total. The van der Waals surface area contributed by atoms with Gasteiger partial charge in [-0.1, -0.05) is 54.4 Å². The van der Waals surface area contributed by atoms with Crippen molar-refractivity contribution in [2.45, 2.75) is 47.2 Å². The van der Waals surface area contributed by atoms with E-state index in [9.17, 15) is 0 Å². The summed E-state index contributed by atoms with van der Waals surface area (Å²) < 4.78 is 3.90. The molecule has 0 amide bonds. The van der Waals surface area contributed by atoms with Gasteiger partial charge in [0, 0.05) is 12.1 Å². The Hall–Kier alpha value is -2.55. The smallest absolute Gasteiger partial charge is 0.182 e. The molecule has 0 radical (unpaired) electrons. The van der Waals surface area contributed by atoms with Crippen molar-refractivity contribution in [3.05, 3.63) is 70.8 Å². The quantitative estimate of drug-likeness (QED) is 0.302. The topological polar surface area (TPSA) is 87.2 Å². The Morgan fingerprint density at radius 3 is 1.62 bits per heavy atom. The van der Waals surface area contributed by atoms with Crippen molar-refractivity contribution in [1.29, 1.82) is 0 Å². The minimum absolute atomic E-state index is 0. The highest BCUT2D eigenvalue weighted by atomic mass is 35.5. The van der Waals surface area contributed by atoms with Gasteiger partial charge in [0.1, 0.15) is 40.1 Å². The fourth-order valence-electron chi connectivity index (χ4n) is 2.20. The predicted octanol–water partition coefficient (Wildman–Crippen LogP) is 6.46. The third-order valence-corrected chi connectivity index (χ3v) is 4.42. The molecule has 0 aliphatic carbocycles. The first kappa shape index (κ1) is 27.5. The van der Waals surface area contributed by atoms with Crippen LogP contribution >= 0.6 is 34.8 Å². The van der Waals surface area contributed by atoms with Crippen molar-refractivity contribution in [3.8, 4) is 11.5 Å². The van der Waals surface area contributed by atoms with Crippen LogP contribution in [0.15, 0.2) is 55.4 Å². The van der Waals surface area contributed by atoms with Gasteiger partial charge in [-0.25, -0.2) is 9.97 Å². The molecule has 0 atom stereocenters. The fourth-order valence-corrected chi connectivity index (χ4v) is 2.73. The Morgan fingerprint density at radius 1 is 0.688 bits per heavy atom. The maximum absolute atomic E-state index is 5.83. The summed E-state index contributed by atoms with van der Waals surface area (Å²) in [5, 5.41) is 16.6. The molecule has 0 fully saturated rings. The number of halogens is 3. The summed E-state index contributed by atoms with van der Waals surface area (Å²) >= 11 is 16.7. The zero-order chi connectivity index (χ0) is 22.8. The lowest BCUT2D eigenvalue weighted by Crippen LogP contribution is -2.02. The second kappa shape index (κ2) is 13.8. The summed E-state index contributed by atoms with van der Waals surface area (Å²) in [7, 11) is 0. The summed E-state index contributed by atoms with van der Waals surface area (Å²) in [6, 6.07) is 11.3. The average Bonchev–Trinajstić information content (AvgIpc) is 3.41. The van der Waals surface area contributed by atoms with E-state index in [0.717, 1.165) is 11.5 Å². The molecule has 0 aliphatic rings. The summed E-state index contributed by atoms with van der Waals surface area (Å²) in [5.41, 5.74) is 0.744.